The maximum Gasteiger partial charge on any atom is 0.339 e. The van der Waals surface area contributed by atoms with Gasteiger partial charge in [0.2, 0.25) is 0 Å². The van der Waals surface area contributed by atoms with E-state index < -0.39 is 11.7 Å². The molecule has 0 heterocycles. The number of fused-ring (bicyclic) bond motifs is 3. The molecule has 1 aromatic carbocycles. The Morgan fingerprint density at radius 3 is 2.39 bits per heavy atom. The third kappa shape index (κ3) is 5.98. The van der Waals surface area contributed by atoms with E-state index in [-0.39, 0.29) is 11.9 Å². The van der Waals surface area contributed by atoms with Gasteiger partial charge in [0, 0.05) is 11.8 Å². The van der Waals surface area contributed by atoms with Gasteiger partial charge in [0.1, 0.15) is 0 Å². The van der Waals surface area contributed by atoms with Gasteiger partial charge in [-0.1, -0.05) is 74.8 Å². The molecule has 1 unspecified atom stereocenters. The Bertz CT molecular complexity index is 1320. The average Bonchev–Trinajstić information content (AvgIpc) is 3.06. The molecule has 41 heavy (non-hydrogen) atoms. The minimum atomic E-state index is -0.752. The van der Waals surface area contributed by atoms with Crippen molar-refractivity contribution in [3.8, 4) is 0 Å². The van der Waals surface area contributed by atoms with Gasteiger partial charge in [-0.2, -0.15) is 0 Å². The highest BCUT2D eigenvalue weighted by atomic mass is 16.6. The van der Waals surface area contributed by atoms with Crippen molar-refractivity contribution in [2.24, 2.45) is 11.8 Å². The summed E-state index contributed by atoms with van der Waals surface area (Å²) in [6.07, 6.45) is 20.0. The van der Waals surface area contributed by atoms with Gasteiger partial charge in [-0.25, -0.2) is 4.79 Å². The molecule has 4 aliphatic carbocycles. The first-order chi connectivity index (χ1) is 19.6. The second kappa shape index (κ2) is 12.3. The summed E-state index contributed by atoms with van der Waals surface area (Å²) in [5.74, 6) is 0.806. The molecule has 0 amide bonds. The van der Waals surface area contributed by atoms with Gasteiger partial charge in [-0.15, -0.1) is 0 Å². The first kappa shape index (κ1) is 29.8. The zero-order valence-electron chi connectivity index (χ0n) is 26.4. The minimum absolute atomic E-state index is 0.106. The third-order valence-electron chi connectivity index (χ3n) is 9.22. The maximum absolute atomic E-state index is 13.8. The van der Waals surface area contributed by atoms with Gasteiger partial charge in [-0.05, 0) is 124 Å². The van der Waals surface area contributed by atoms with Crippen molar-refractivity contribution in [1.82, 2.24) is 0 Å². The van der Waals surface area contributed by atoms with E-state index in [1.807, 2.05) is 27.7 Å². The molecule has 3 heteroatoms. The first-order valence-corrected chi connectivity index (χ1v) is 16.1. The van der Waals surface area contributed by atoms with Crippen molar-refractivity contribution < 1.29 is 14.3 Å². The number of rotatable bonds is 7. The van der Waals surface area contributed by atoms with E-state index in [9.17, 15) is 4.79 Å². The van der Waals surface area contributed by atoms with Crippen LogP contribution in [0.4, 0.5) is 0 Å². The summed E-state index contributed by atoms with van der Waals surface area (Å²) < 4.78 is 12.4. The van der Waals surface area contributed by atoms with E-state index in [4.69, 9.17) is 9.47 Å². The highest BCUT2D eigenvalue weighted by molar-refractivity contribution is 5.93. The Morgan fingerprint density at radius 2 is 1.73 bits per heavy atom. The number of esters is 1. The van der Waals surface area contributed by atoms with Gasteiger partial charge in [-0.3, -0.25) is 0 Å². The molecule has 3 atom stereocenters. The molecule has 0 aliphatic heterocycles. The lowest BCUT2D eigenvalue weighted by atomic mass is 9.76. The van der Waals surface area contributed by atoms with Gasteiger partial charge in [0.15, 0.2) is 6.10 Å². The maximum atomic E-state index is 13.8. The van der Waals surface area contributed by atoms with Crippen LogP contribution in [-0.2, 0) is 20.7 Å². The topological polar surface area (TPSA) is 35.5 Å². The molecule has 1 aromatic rings. The number of hydrogen-bond acceptors (Lipinski definition) is 3. The van der Waals surface area contributed by atoms with Gasteiger partial charge in [0.25, 0.3) is 0 Å². The second-order valence-corrected chi connectivity index (χ2v) is 13.6. The minimum Gasteiger partial charge on any atom is -0.464 e. The van der Waals surface area contributed by atoms with Gasteiger partial charge in [0.05, 0.1) is 12.2 Å². The summed E-state index contributed by atoms with van der Waals surface area (Å²) in [6.45, 7) is 15.1. The molecule has 0 bridgehead atoms. The van der Waals surface area contributed by atoms with Crippen LogP contribution in [0.15, 0.2) is 59.2 Å². The molecule has 0 N–H and O–H groups in total. The molecule has 0 saturated heterocycles. The number of allylic oxidation sites excluding steroid dienone is 9. The Hall–Kier alpha value is -2.65. The highest BCUT2D eigenvalue weighted by Crippen LogP contribution is 2.55. The van der Waals surface area contributed by atoms with Crippen LogP contribution < -0.4 is 0 Å². The Labute approximate surface area is 248 Å². The Balaban J connectivity index is 1.83. The molecule has 220 valence electrons. The molecule has 5 rings (SSSR count). The molecule has 0 fully saturated rings. The summed E-state index contributed by atoms with van der Waals surface area (Å²) in [4.78, 5) is 13.8. The number of ether oxygens (including phenoxy) is 2. The lowest BCUT2D eigenvalue weighted by Crippen LogP contribution is -2.38. The third-order valence-corrected chi connectivity index (χ3v) is 9.22. The fourth-order valence-electron chi connectivity index (χ4n) is 7.34. The first-order valence-electron chi connectivity index (χ1n) is 16.1. The lowest BCUT2D eigenvalue weighted by Gasteiger charge is -2.34. The predicted molar refractivity (Wildman–Crippen MR) is 171 cm³/mol. The Morgan fingerprint density at radius 1 is 1.00 bits per heavy atom. The lowest BCUT2D eigenvalue weighted by molar-refractivity contribution is -0.162. The predicted octanol–water partition coefficient (Wildman–Crippen LogP) is 9.68. The van der Waals surface area contributed by atoms with Gasteiger partial charge < -0.3 is 9.47 Å². The average molecular weight is 555 g/mol. The van der Waals surface area contributed by atoms with E-state index in [1.165, 1.54) is 70.2 Å². The van der Waals surface area contributed by atoms with Crippen molar-refractivity contribution in [3.63, 3.8) is 0 Å². The fourth-order valence-corrected chi connectivity index (χ4v) is 7.34. The zero-order valence-corrected chi connectivity index (χ0v) is 26.4. The molecule has 0 saturated carbocycles. The van der Waals surface area contributed by atoms with Crippen LogP contribution in [0.2, 0.25) is 0 Å². The van der Waals surface area contributed by atoms with Crippen molar-refractivity contribution in [2.45, 2.75) is 117 Å². The monoisotopic (exact) mass is 554 g/mol. The van der Waals surface area contributed by atoms with Crippen molar-refractivity contribution >= 4 is 17.1 Å². The molecule has 0 spiro atoms. The quantitative estimate of drug-likeness (QED) is 0.249. The van der Waals surface area contributed by atoms with E-state index in [2.05, 4.69) is 63.3 Å². The van der Waals surface area contributed by atoms with Crippen LogP contribution in [0.5, 0.6) is 0 Å². The molecular formula is C38H50O3. The molecule has 0 aromatic heterocycles. The Kier molecular flexibility index (Phi) is 8.95. The van der Waals surface area contributed by atoms with Crippen LogP contribution in [0, 0.1) is 11.8 Å². The summed E-state index contributed by atoms with van der Waals surface area (Å²) in [6, 6.07) is 4.78. The molecule has 3 nitrogen and oxygen atoms in total. The fraction of sp³-hybridized carbons (Fsp3) is 0.553. The molecular weight excluding hydrogens is 504 g/mol. The van der Waals surface area contributed by atoms with E-state index in [1.54, 1.807) is 0 Å². The van der Waals surface area contributed by atoms with Crippen LogP contribution >= 0.6 is 0 Å². The summed E-state index contributed by atoms with van der Waals surface area (Å²) in [5, 5.41) is 0. The van der Waals surface area contributed by atoms with Gasteiger partial charge >= 0.3 is 5.97 Å². The van der Waals surface area contributed by atoms with Crippen molar-refractivity contribution in [2.75, 3.05) is 6.61 Å². The SMILES string of the molecule is CCOC(=O)[C@@H](OC(C)(C)C)/C(=C(/C1=C(\C)CCCCCC1)c1ccc2c3c1CC/C=C/C=C\3C1C=C[C@H]21)C(C)C. The van der Waals surface area contributed by atoms with Crippen molar-refractivity contribution in [1.29, 1.82) is 0 Å². The summed E-state index contributed by atoms with van der Waals surface area (Å²) >= 11 is 0. The number of benzene rings is 1. The van der Waals surface area contributed by atoms with Crippen LogP contribution in [-0.4, -0.2) is 24.3 Å². The smallest absolute Gasteiger partial charge is 0.339 e. The van der Waals surface area contributed by atoms with Crippen LogP contribution in [0.25, 0.3) is 11.1 Å². The number of carbonyl (C=O) groups excluding carboxylic acids is 1. The zero-order chi connectivity index (χ0) is 29.3. The largest absolute Gasteiger partial charge is 0.464 e. The standard InChI is InChI=1S/C38H50O3/c1-8-40-37(39)36(41-38(5,6)7)33(24(2)3)35(26-17-13-10-9-12-16-25(26)4)32-23-22-31-28-21-20-27(28)29-18-14-11-15-19-30(32)34(29)31/h11,14,18,20-24,27-28,36H,8-10,12-13,15-17,19H2,1-7H3/b14-11+,26-25+,29-18-,35-33-/t27?,28-,36-/m0/s1. The highest BCUT2D eigenvalue weighted by Gasteiger charge is 2.41. The normalized spacial score (nSPS) is 27.2. The van der Waals surface area contributed by atoms with Crippen molar-refractivity contribution in [3.05, 3.63) is 81.5 Å². The van der Waals surface area contributed by atoms with E-state index >= 15 is 0 Å². The van der Waals surface area contributed by atoms with E-state index in [0.29, 0.717) is 18.4 Å². The summed E-state index contributed by atoms with van der Waals surface area (Å²) in [7, 11) is 0. The molecule has 0 radical (unpaired) electrons. The number of carbonyl (C=O) groups is 1. The molecule has 4 aliphatic rings. The van der Waals surface area contributed by atoms with Crippen LogP contribution in [0.1, 0.15) is 122 Å². The number of hydrogen-bond donors (Lipinski definition) is 0. The second-order valence-electron chi connectivity index (χ2n) is 13.6. The summed E-state index contributed by atoms with van der Waals surface area (Å²) in [5.41, 5.74) is 11.9. The van der Waals surface area contributed by atoms with Crippen LogP contribution in [0.3, 0.4) is 0 Å². The van der Waals surface area contributed by atoms with E-state index in [0.717, 1.165) is 31.3 Å².